The molecular weight excluding hydrogens is 500 g/mol. The summed E-state index contributed by atoms with van der Waals surface area (Å²) in [6.07, 6.45) is 0. The minimum Gasteiger partial charge on any atom is -0.354 e. The topological polar surface area (TPSA) is 66.4 Å². The van der Waals surface area contributed by atoms with Crippen LogP contribution in [0, 0.1) is 13.8 Å². The SMILES string of the molecule is Cc1cccc(-c2nc(C)c(C(C)C)c(N3CCN(S(=O)(=O)c4ccc(Br)cc4)CC3)n2)c1. The van der Waals surface area contributed by atoms with Gasteiger partial charge in [-0.2, -0.15) is 4.31 Å². The Hall–Kier alpha value is -2.29. The largest absolute Gasteiger partial charge is 0.354 e. The van der Waals surface area contributed by atoms with Crippen LogP contribution in [0.4, 0.5) is 5.82 Å². The molecule has 33 heavy (non-hydrogen) atoms. The van der Waals surface area contributed by atoms with E-state index in [1.54, 1.807) is 28.6 Å². The van der Waals surface area contributed by atoms with Crippen LogP contribution in [0.5, 0.6) is 0 Å². The van der Waals surface area contributed by atoms with Gasteiger partial charge in [-0.1, -0.05) is 53.5 Å². The standard InChI is InChI=1S/C25H29BrN4O2S/c1-17(2)23-19(4)27-24(20-7-5-6-18(3)16-20)28-25(23)29-12-14-30(15-13-29)33(31,32)22-10-8-21(26)9-11-22/h5-11,16-17H,12-15H2,1-4H3. The van der Waals surface area contributed by atoms with Gasteiger partial charge >= 0.3 is 0 Å². The first kappa shape index (κ1) is 23.9. The van der Waals surface area contributed by atoms with Crippen LogP contribution >= 0.6 is 15.9 Å². The molecule has 0 aliphatic carbocycles. The van der Waals surface area contributed by atoms with Gasteiger partial charge in [0.1, 0.15) is 5.82 Å². The Labute approximate surface area is 204 Å². The van der Waals surface area contributed by atoms with Crippen LogP contribution in [0.25, 0.3) is 11.4 Å². The van der Waals surface area contributed by atoms with Crippen LogP contribution in [0.2, 0.25) is 0 Å². The second kappa shape index (κ2) is 9.52. The van der Waals surface area contributed by atoms with Crippen molar-refractivity contribution in [3.63, 3.8) is 0 Å². The van der Waals surface area contributed by atoms with E-state index in [1.165, 1.54) is 0 Å². The average molecular weight is 530 g/mol. The Morgan fingerprint density at radius 3 is 2.21 bits per heavy atom. The zero-order valence-electron chi connectivity index (χ0n) is 19.4. The normalized spacial score (nSPS) is 15.3. The van der Waals surface area contributed by atoms with Crippen LogP contribution < -0.4 is 4.90 Å². The predicted molar refractivity (Wildman–Crippen MR) is 136 cm³/mol. The van der Waals surface area contributed by atoms with Gasteiger partial charge in [-0.25, -0.2) is 18.4 Å². The molecule has 0 saturated carbocycles. The van der Waals surface area contributed by atoms with Crippen molar-refractivity contribution in [2.24, 2.45) is 0 Å². The van der Waals surface area contributed by atoms with E-state index in [2.05, 4.69) is 53.7 Å². The lowest BCUT2D eigenvalue weighted by Crippen LogP contribution is -2.49. The lowest BCUT2D eigenvalue weighted by molar-refractivity contribution is 0.383. The number of benzene rings is 2. The number of rotatable bonds is 5. The molecule has 0 bridgehead atoms. The summed E-state index contributed by atoms with van der Waals surface area (Å²) < 4.78 is 28.6. The number of aryl methyl sites for hydroxylation is 2. The number of sulfonamides is 1. The number of piperazine rings is 1. The quantitative estimate of drug-likeness (QED) is 0.457. The van der Waals surface area contributed by atoms with E-state index in [9.17, 15) is 8.42 Å². The highest BCUT2D eigenvalue weighted by atomic mass is 79.9. The molecule has 4 rings (SSSR count). The van der Waals surface area contributed by atoms with Crippen molar-refractivity contribution in [2.75, 3.05) is 31.1 Å². The number of halogens is 1. The average Bonchev–Trinajstić information content (AvgIpc) is 2.78. The maximum absolute atomic E-state index is 13.1. The van der Waals surface area contributed by atoms with Crippen molar-refractivity contribution < 1.29 is 8.42 Å². The molecule has 0 N–H and O–H groups in total. The molecule has 1 fully saturated rings. The van der Waals surface area contributed by atoms with Gasteiger partial charge in [0, 0.05) is 47.5 Å². The summed E-state index contributed by atoms with van der Waals surface area (Å²) in [6.45, 7) is 10.4. The smallest absolute Gasteiger partial charge is 0.243 e. The minimum absolute atomic E-state index is 0.260. The second-order valence-corrected chi connectivity index (χ2v) is 11.6. The molecule has 0 amide bonds. The Morgan fingerprint density at radius 2 is 1.61 bits per heavy atom. The van der Waals surface area contributed by atoms with Crippen molar-refractivity contribution in [3.8, 4) is 11.4 Å². The first-order valence-corrected chi connectivity index (χ1v) is 13.4. The number of hydrogen-bond donors (Lipinski definition) is 0. The van der Waals surface area contributed by atoms with E-state index in [4.69, 9.17) is 9.97 Å². The molecule has 6 nitrogen and oxygen atoms in total. The molecule has 1 saturated heterocycles. The van der Waals surface area contributed by atoms with Crippen LogP contribution in [-0.2, 0) is 10.0 Å². The number of anilines is 1. The summed E-state index contributed by atoms with van der Waals surface area (Å²) in [5.41, 5.74) is 4.24. The number of nitrogens with zero attached hydrogens (tertiary/aromatic N) is 4. The molecule has 2 aromatic carbocycles. The fourth-order valence-electron chi connectivity index (χ4n) is 4.29. The Morgan fingerprint density at radius 1 is 0.939 bits per heavy atom. The van der Waals surface area contributed by atoms with Crippen LogP contribution in [0.15, 0.2) is 57.9 Å². The molecule has 2 heterocycles. The van der Waals surface area contributed by atoms with Gasteiger partial charge in [-0.15, -0.1) is 0 Å². The van der Waals surface area contributed by atoms with E-state index in [0.29, 0.717) is 36.9 Å². The lowest BCUT2D eigenvalue weighted by atomic mass is 10.0. The van der Waals surface area contributed by atoms with Crippen molar-refractivity contribution in [1.82, 2.24) is 14.3 Å². The van der Waals surface area contributed by atoms with Gasteiger partial charge in [0.25, 0.3) is 0 Å². The van der Waals surface area contributed by atoms with Gasteiger partial charge in [-0.3, -0.25) is 0 Å². The number of aromatic nitrogens is 2. The molecule has 1 aromatic heterocycles. The van der Waals surface area contributed by atoms with E-state index < -0.39 is 10.0 Å². The Kier molecular flexibility index (Phi) is 6.88. The highest BCUT2D eigenvalue weighted by molar-refractivity contribution is 9.10. The maximum atomic E-state index is 13.1. The molecule has 3 aromatic rings. The lowest BCUT2D eigenvalue weighted by Gasteiger charge is -2.36. The molecule has 8 heteroatoms. The highest BCUT2D eigenvalue weighted by Crippen LogP contribution is 2.32. The van der Waals surface area contributed by atoms with E-state index in [0.717, 1.165) is 32.7 Å². The fraction of sp³-hybridized carbons (Fsp3) is 0.360. The van der Waals surface area contributed by atoms with Gasteiger partial charge in [-0.05, 0) is 50.1 Å². The molecule has 0 atom stereocenters. The molecular formula is C25H29BrN4O2S. The number of hydrogen-bond acceptors (Lipinski definition) is 5. The highest BCUT2D eigenvalue weighted by Gasteiger charge is 2.30. The first-order valence-electron chi connectivity index (χ1n) is 11.1. The summed E-state index contributed by atoms with van der Waals surface area (Å²) in [4.78, 5) is 12.3. The van der Waals surface area contributed by atoms with Gasteiger partial charge in [0.15, 0.2) is 5.82 Å². The second-order valence-electron chi connectivity index (χ2n) is 8.74. The van der Waals surface area contributed by atoms with Gasteiger partial charge in [0.2, 0.25) is 10.0 Å². The summed E-state index contributed by atoms with van der Waals surface area (Å²) >= 11 is 3.37. The van der Waals surface area contributed by atoms with Crippen molar-refractivity contribution >= 4 is 31.8 Å². The molecule has 174 valence electrons. The van der Waals surface area contributed by atoms with Crippen molar-refractivity contribution in [1.29, 1.82) is 0 Å². The Bertz CT molecular complexity index is 1250. The van der Waals surface area contributed by atoms with E-state index >= 15 is 0 Å². The molecule has 0 radical (unpaired) electrons. The zero-order chi connectivity index (χ0) is 23.8. The van der Waals surface area contributed by atoms with E-state index in [1.807, 2.05) is 19.1 Å². The third-order valence-corrected chi connectivity index (χ3v) is 8.40. The summed E-state index contributed by atoms with van der Waals surface area (Å²) in [6, 6.07) is 15.0. The van der Waals surface area contributed by atoms with Gasteiger partial charge in [0.05, 0.1) is 4.90 Å². The molecule has 1 aliphatic rings. The van der Waals surface area contributed by atoms with Crippen molar-refractivity contribution in [2.45, 2.75) is 38.5 Å². The fourth-order valence-corrected chi connectivity index (χ4v) is 5.98. The van der Waals surface area contributed by atoms with Gasteiger partial charge < -0.3 is 4.90 Å². The zero-order valence-corrected chi connectivity index (χ0v) is 21.8. The van der Waals surface area contributed by atoms with Crippen LogP contribution in [-0.4, -0.2) is 48.9 Å². The molecule has 1 aliphatic heterocycles. The third-order valence-electron chi connectivity index (χ3n) is 5.96. The van der Waals surface area contributed by atoms with E-state index in [-0.39, 0.29) is 5.92 Å². The first-order chi connectivity index (χ1) is 15.7. The monoisotopic (exact) mass is 528 g/mol. The van der Waals surface area contributed by atoms with Crippen LogP contribution in [0.1, 0.15) is 36.6 Å². The maximum Gasteiger partial charge on any atom is 0.243 e. The van der Waals surface area contributed by atoms with Crippen molar-refractivity contribution in [3.05, 3.63) is 69.8 Å². The summed E-state index contributed by atoms with van der Waals surface area (Å²) in [5.74, 6) is 1.88. The predicted octanol–water partition coefficient (Wildman–Crippen LogP) is 5.16. The minimum atomic E-state index is -3.52. The Balaban J connectivity index is 1.62. The summed E-state index contributed by atoms with van der Waals surface area (Å²) in [7, 11) is -3.52. The molecule has 0 spiro atoms. The third kappa shape index (κ3) is 4.98. The van der Waals surface area contributed by atoms with Crippen LogP contribution in [0.3, 0.4) is 0 Å². The summed E-state index contributed by atoms with van der Waals surface area (Å²) in [5, 5.41) is 0. The molecule has 0 unspecified atom stereocenters.